The second-order valence-electron chi connectivity index (χ2n) is 5.58. The first kappa shape index (κ1) is 15.4. The predicted octanol–water partition coefficient (Wildman–Crippen LogP) is 1.65. The standard InChI is InChI=1S/C14H28N2O2/c1-5-18-13(17)14(3,15-4)8-11-16-9-6-12(2)7-10-16/h12,15H,5-11H2,1-4H3. The monoisotopic (exact) mass is 256 g/mol. The largest absolute Gasteiger partial charge is 0.465 e. The van der Waals surface area contributed by atoms with E-state index in [1.54, 1.807) is 0 Å². The summed E-state index contributed by atoms with van der Waals surface area (Å²) in [7, 11) is 1.83. The number of esters is 1. The Balaban J connectivity index is 2.41. The van der Waals surface area contributed by atoms with E-state index in [4.69, 9.17) is 4.74 Å². The van der Waals surface area contributed by atoms with Crippen LogP contribution in [0.3, 0.4) is 0 Å². The minimum atomic E-state index is -0.556. The number of hydrogen-bond donors (Lipinski definition) is 1. The molecule has 0 aromatic carbocycles. The molecule has 4 nitrogen and oxygen atoms in total. The third kappa shape index (κ3) is 4.25. The lowest BCUT2D eigenvalue weighted by Crippen LogP contribution is -2.51. The zero-order valence-electron chi connectivity index (χ0n) is 12.3. The average molecular weight is 256 g/mol. The first-order valence-corrected chi connectivity index (χ1v) is 7.10. The molecule has 1 aliphatic heterocycles. The molecule has 0 spiro atoms. The Morgan fingerprint density at radius 3 is 2.56 bits per heavy atom. The summed E-state index contributed by atoms with van der Waals surface area (Å²) in [6.45, 7) is 9.80. The fraction of sp³-hybridized carbons (Fsp3) is 0.929. The normalized spacial score (nSPS) is 21.6. The summed E-state index contributed by atoms with van der Waals surface area (Å²) in [6.07, 6.45) is 3.35. The molecule has 1 atom stereocenters. The van der Waals surface area contributed by atoms with E-state index in [9.17, 15) is 4.79 Å². The highest BCUT2D eigenvalue weighted by atomic mass is 16.5. The molecule has 0 aliphatic carbocycles. The van der Waals surface area contributed by atoms with Gasteiger partial charge in [0.2, 0.25) is 0 Å². The number of ether oxygens (including phenoxy) is 1. The van der Waals surface area contributed by atoms with Crippen molar-refractivity contribution in [2.45, 2.75) is 45.6 Å². The smallest absolute Gasteiger partial charge is 0.326 e. The van der Waals surface area contributed by atoms with Gasteiger partial charge in [0, 0.05) is 6.54 Å². The highest BCUT2D eigenvalue weighted by Gasteiger charge is 2.33. The lowest BCUT2D eigenvalue weighted by atomic mass is 9.95. The van der Waals surface area contributed by atoms with Gasteiger partial charge in [-0.05, 0) is 59.2 Å². The molecule has 0 saturated carbocycles. The maximum atomic E-state index is 11.9. The first-order chi connectivity index (χ1) is 8.51. The van der Waals surface area contributed by atoms with Gasteiger partial charge < -0.3 is 15.0 Å². The number of likely N-dealkylation sites (N-methyl/N-ethyl adjacent to an activating group) is 1. The molecule has 0 aromatic rings. The molecule has 4 heteroatoms. The molecule has 1 aliphatic rings. The Kier molecular flexibility index (Phi) is 6.09. The fourth-order valence-corrected chi connectivity index (χ4v) is 2.29. The highest BCUT2D eigenvalue weighted by molar-refractivity contribution is 5.80. The Hall–Kier alpha value is -0.610. The molecule has 1 unspecified atom stereocenters. The summed E-state index contributed by atoms with van der Waals surface area (Å²) in [5.41, 5.74) is -0.556. The van der Waals surface area contributed by atoms with Gasteiger partial charge in [-0.25, -0.2) is 0 Å². The van der Waals surface area contributed by atoms with Crippen LogP contribution < -0.4 is 5.32 Å². The molecular weight excluding hydrogens is 228 g/mol. The summed E-state index contributed by atoms with van der Waals surface area (Å²) in [4.78, 5) is 14.4. The van der Waals surface area contributed by atoms with Gasteiger partial charge in [0.05, 0.1) is 6.61 Å². The average Bonchev–Trinajstić information content (AvgIpc) is 2.38. The van der Waals surface area contributed by atoms with Crippen molar-refractivity contribution in [2.75, 3.05) is 33.3 Å². The van der Waals surface area contributed by atoms with Gasteiger partial charge in [0.25, 0.3) is 0 Å². The van der Waals surface area contributed by atoms with Crippen molar-refractivity contribution in [2.24, 2.45) is 5.92 Å². The third-order valence-electron chi connectivity index (χ3n) is 4.08. The van der Waals surface area contributed by atoms with Crippen LogP contribution in [0.15, 0.2) is 0 Å². The molecule has 1 fully saturated rings. The van der Waals surface area contributed by atoms with E-state index in [2.05, 4.69) is 17.1 Å². The van der Waals surface area contributed by atoms with Crippen LogP contribution in [0.2, 0.25) is 0 Å². The summed E-state index contributed by atoms with van der Waals surface area (Å²) < 4.78 is 5.13. The zero-order chi connectivity index (χ0) is 13.6. The number of rotatable bonds is 6. The van der Waals surface area contributed by atoms with Crippen LogP contribution in [-0.2, 0) is 9.53 Å². The zero-order valence-corrected chi connectivity index (χ0v) is 12.3. The predicted molar refractivity (Wildman–Crippen MR) is 73.6 cm³/mol. The van der Waals surface area contributed by atoms with Crippen LogP contribution in [0.25, 0.3) is 0 Å². The second-order valence-corrected chi connectivity index (χ2v) is 5.58. The van der Waals surface area contributed by atoms with Gasteiger partial charge in [0.1, 0.15) is 5.54 Å². The number of hydrogen-bond acceptors (Lipinski definition) is 4. The van der Waals surface area contributed by atoms with Gasteiger partial charge in [0.15, 0.2) is 0 Å². The molecule has 1 N–H and O–H groups in total. The minimum absolute atomic E-state index is 0.141. The van der Waals surface area contributed by atoms with E-state index in [0.29, 0.717) is 6.61 Å². The third-order valence-corrected chi connectivity index (χ3v) is 4.08. The minimum Gasteiger partial charge on any atom is -0.465 e. The van der Waals surface area contributed by atoms with Crippen LogP contribution >= 0.6 is 0 Å². The quantitative estimate of drug-likeness (QED) is 0.734. The topological polar surface area (TPSA) is 41.6 Å². The van der Waals surface area contributed by atoms with E-state index in [-0.39, 0.29) is 5.97 Å². The van der Waals surface area contributed by atoms with Crippen molar-refractivity contribution >= 4 is 5.97 Å². The van der Waals surface area contributed by atoms with Gasteiger partial charge in [-0.1, -0.05) is 6.92 Å². The number of nitrogens with zero attached hydrogens (tertiary/aromatic N) is 1. The van der Waals surface area contributed by atoms with E-state index in [0.717, 1.165) is 32.0 Å². The lowest BCUT2D eigenvalue weighted by molar-refractivity contribution is -0.150. The van der Waals surface area contributed by atoms with Crippen molar-refractivity contribution in [1.29, 1.82) is 0 Å². The van der Waals surface area contributed by atoms with Gasteiger partial charge >= 0.3 is 5.97 Å². The van der Waals surface area contributed by atoms with E-state index in [1.807, 2.05) is 20.9 Å². The molecular formula is C14H28N2O2. The molecule has 1 saturated heterocycles. The number of likely N-dealkylation sites (tertiary alicyclic amines) is 1. The van der Waals surface area contributed by atoms with Gasteiger partial charge in [-0.2, -0.15) is 0 Å². The summed E-state index contributed by atoms with van der Waals surface area (Å²) in [6, 6.07) is 0. The summed E-state index contributed by atoms with van der Waals surface area (Å²) in [5, 5.41) is 3.11. The fourth-order valence-electron chi connectivity index (χ4n) is 2.29. The SMILES string of the molecule is CCOC(=O)C(C)(CCN1CCC(C)CC1)NC. The number of nitrogens with one attached hydrogen (secondary N) is 1. The van der Waals surface area contributed by atoms with E-state index in [1.165, 1.54) is 12.8 Å². The number of carbonyl (C=O) groups excluding carboxylic acids is 1. The lowest BCUT2D eigenvalue weighted by Gasteiger charge is -2.33. The maximum absolute atomic E-state index is 11.9. The number of carbonyl (C=O) groups is 1. The van der Waals surface area contributed by atoms with Crippen molar-refractivity contribution in [3.8, 4) is 0 Å². The molecule has 0 bridgehead atoms. The second kappa shape index (κ2) is 7.10. The van der Waals surface area contributed by atoms with Crippen LogP contribution in [0, 0.1) is 5.92 Å². The highest BCUT2D eigenvalue weighted by Crippen LogP contribution is 2.18. The van der Waals surface area contributed by atoms with Crippen molar-refractivity contribution in [3.05, 3.63) is 0 Å². The molecule has 0 amide bonds. The molecule has 1 heterocycles. The number of piperidine rings is 1. The first-order valence-electron chi connectivity index (χ1n) is 7.10. The van der Waals surface area contributed by atoms with Crippen LogP contribution in [0.1, 0.15) is 40.0 Å². The van der Waals surface area contributed by atoms with Crippen molar-refractivity contribution in [1.82, 2.24) is 10.2 Å². The van der Waals surface area contributed by atoms with E-state index >= 15 is 0 Å². The summed E-state index contributed by atoms with van der Waals surface area (Å²) in [5.74, 6) is 0.708. The Morgan fingerprint density at radius 2 is 2.06 bits per heavy atom. The Bertz CT molecular complexity index is 263. The molecule has 0 radical (unpaired) electrons. The van der Waals surface area contributed by atoms with E-state index < -0.39 is 5.54 Å². The Morgan fingerprint density at radius 1 is 1.44 bits per heavy atom. The van der Waals surface area contributed by atoms with Crippen LogP contribution in [-0.4, -0.2) is 49.7 Å². The maximum Gasteiger partial charge on any atom is 0.326 e. The summed E-state index contributed by atoms with van der Waals surface area (Å²) >= 11 is 0. The van der Waals surface area contributed by atoms with Crippen molar-refractivity contribution < 1.29 is 9.53 Å². The van der Waals surface area contributed by atoms with Gasteiger partial charge in [-0.3, -0.25) is 4.79 Å². The van der Waals surface area contributed by atoms with Crippen molar-refractivity contribution in [3.63, 3.8) is 0 Å². The van der Waals surface area contributed by atoms with Crippen LogP contribution in [0.4, 0.5) is 0 Å². The van der Waals surface area contributed by atoms with Crippen LogP contribution in [0.5, 0.6) is 0 Å². The molecule has 106 valence electrons. The molecule has 0 aromatic heterocycles. The Labute approximate surface area is 111 Å². The molecule has 1 rings (SSSR count). The molecule has 18 heavy (non-hydrogen) atoms. The van der Waals surface area contributed by atoms with Gasteiger partial charge in [-0.15, -0.1) is 0 Å².